The Balaban J connectivity index is 2.48. The van der Waals surface area contributed by atoms with E-state index in [1.165, 1.54) is 7.05 Å². The number of halogens is 1. The molecule has 1 aromatic heterocycles. The first kappa shape index (κ1) is 14.7. The first-order chi connectivity index (χ1) is 9.52. The van der Waals surface area contributed by atoms with Crippen molar-refractivity contribution in [3.05, 3.63) is 23.2 Å². The van der Waals surface area contributed by atoms with Crippen LogP contribution < -0.4 is 5.32 Å². The number of hydrogen-bond acceptors (Lipinski definition) is 4. The van der Waals surface area contributed by atoms with Crippen molar-refractivity contribution in [2.24, 2.45) is 0 Å². The van der Waals surface area contributed by atoms with Crippen LogP contribution in [0.4, 0.5) is 0 Å². The number of carbonyl (C=O) groups is 2. The fraction of sp³-hybridized carbons (Fsp3) is 0.250. The third-order valence-corrected chi connectivity index (χ3v) is 3.85. The average Bonchev–Trinajstić information content (AvgIpc) is 2.75. The van der Waals surface area contributed by atoms with E-state index in [0.29, 0.717) is 21.2 Å². The van der Waals surface area contributed by atoms with E-state index in [-0.39, 0.29) is 18.2 Å². The molecule has 0 atom stereocenters. The van der Waals surface area contributed by atoms with E-state index < -0.39 is 5.97 Å². The lowest BCUT2D eigenvalue weighted by molar-refractivity contribution is -0.133. The van der Waals surface area contributed by atoms with Gasteiger partial charge in [0.05, 0.1) is 21.8 Å². The molecule has 20 heavy (non-hydrogen) atoms. The van der Waals surface area contributed by atoms with Gasteiger partial charge in [-0.2, -0.15) is 0 Å². The number of likely N-dealkylation sites (N-methyl/N-ethyl adjacent to an activating group) is 1. The lowest BCUT2D eigenvalue weighted by atomic mass is 10.3. The largest absolute Gasteiger partial charge is 0.481 e. The summed E-state index contributed by atoms with van der Waals surface area (Å²) in [5.41, 5.74) is 1.26. The number of nitrogens with one attached hydrogen (secondary N) is 1. The maximum atomic E-state index is 11.6. The molecule has 1 amide bonds. The molecular formula is C12H12ClN3O3S. The van der Waals surface area contributed by atoms with Crippen LogP contribution in [-0.4, -0.2) is 39.3 Å². The summed E-state index contributed by atoms with van der Waals surface area (Å²) in [5.74, 6) is -1.28. The van der Waals surface area contributed by atoms with Crippen molar-refractivity contribution >= 4 is 46.3 Å². The molecule has 0 aliphatic rings. The third-order valence-electron chi connectivity index (χ3n) is 2.59. The number of carboxylic acids is 1. The summed E-state index contributed by atoms with van der Waals surface area (Å²) in [5, 5.41) is 12.2. The monoisotopic (exact) mass is 313 g/mol. The fourth-order valence-corrected chi connectivity index (χ4v) is 2.72. The van der Waals surface area contributed by atoms with E-state index >= 15 is 0 Å². The number of imidazole rings is 1. The second-order valence-corrected chi connectivity index (χ2v) is 5.29. The molecule has 2 aromatic rings. The zero-order chi connectivity index (χ0) is 14.7. The number of carboxylic acid groups (broad SMARTS) is 1. The summed E-state index contributed by atoms with van der Waals surface area (Å²) in [4.78, 5) is 26.6. The van der Waals surface area contributed by atoms with Gasteiger partial charge in [-0.05, 0) is 12.1 Å². The van der Waals surface area contributed by atoms with Gasteiger partial charge in [-0.15, -0.1) is 0 Å². The van der Waals surface area contributed by atoms with Crippen molar-refractivity contribution in [2.75, 3.05) is 12.8 Å². The van der Waals surface area contributed by atoms with Gasteiger partial charge in [0.1, 0.15) is 6.54 Å². The van der Waals surface area contributed by atoms with Gasteiger partial charge in [-0.25, -0.2) is 4.98 Å². The summed E-state index contributed by atoms with van der Waals surface area (Å²) in [6.07, 6.45) is 0. The van der Waals surface area contributed by atoms with Crippen molar-refractivity contribution in [3.8, 4) is 0 Å². The topological polar surface area (TPSA) is 84.2 Å². The van der Waals surface area contributed by atoms with Gasteiger partial charge in [0.25, 0.3) is 0 Å². The van der Waals surface area contributed by atoms with Crippen molar-refractivity contribution in [2.45, 2.75) is 11.7 Å². The molecule has 1 heterocycles. The van der Waals surface area contributed by atoms with E-state index in [0.717, 1.165) is 11.8 Å². The molecule has 1 aromatic carbocycles. The highest BCUT2D eigenvalue weighted by Crippen LogP contribution is 2.29. The summed E-state index contributed by atoms with van der Waals surface area (Å²) < 4.78 is 1.63. The highest BCUT2D eigenvalue weighted by Gasteiger charge is 2.16. The molecule has 2 N–H and O–H groups in total. The minimum atomic E-state index is -0.945. The first-order valence-corrected chi connectivity index (χ1v) is 7.09. The Bertz CT molecular complexity index is 671. The maximum absolute atomic E-state index is 11.6. The number of amides is 1. The van der Waals surface area contributed by atoms with E-state index in [9.17, 15) is 9.59 Å². The summed E-state index contributed by atoms with van der Waals surface area (Å²) in [6, 6.07) is 5.23. The predicted octanol–water partition coefficient (Wildman–Crippen LogP) is 1.61. The number of thioether (sulfide) groups is 1. The van der Waals surface area contributed by atoms with Crippen LogP contribution in [0.1, 0.15) is 0 Å². The Labute approximate surface area is 124 Å². The third kappa shape index (κ3) is 3.05. The van der Waals surface area contributed by atoms with Crippen molar-refractivity contribution < 1.29 is 14.7 Å². The summed E-state index contributed by atoms with van der Waals surface area (Å²) >= 11 is 7.20. The predicted molar refractivity (Wildman–Crippen MR) is 77.2 cm³/mol. The van der Waals surface area contributed by atoms with E-state index in [1.54, 1.807) is 22.8 Å². The van der Waals surface area contributed by atoms with Crippen LogP contribution >= 0.6 is 23.4 Å². The van der Waals surface area contributed by atoms with Gasteiger partial charge in [-0.1, -0.05) is 29.4 Å². The second kappa shape index (κ2) is 6.15. The highest BCUT2D eigenvalue weighted by molar-refractivity contribution is 7.99. The van der Waals surface area contributed by atoms with E-state index in [1.807, 2.05) is 0 Å². The van der Waals surface area contributed by atoms with Crippen molar-refractivity contribution in [3.63, 3.8) is 0 Å². The molecule has 0 spiro atoms. The zero-order valence-electron chi connectivity index (χ0n) is 10.6. The maximum Gasteiger partial charge on any atom is 0.313 e. The number of aliphatic carboxylic acids is 1. The second-order valence-electron chi connectivity index (χ2n) is 3.94. The van der Waals surface area contributed by atoms with Gasteiger partial charge >= 0.3 is 5.97 Å². The summed E-state index contributed by atoms with van der Waals surface area (Å²) in [7, 11) is 1.53. The molecule has 0 saturated carbocycles. The number of nitrogens with zero attached hydrogens (tertiary/aromatic N) is 2. The normalized spacial score (nSPS) is 10.7. The van der Waals surface area contributed by atoms with Crippen molar-refractivity contribution in [1.29, 1.82) is 0 Å². The lowest BCUT2D eigenvalue weighted by Gasteiger charge is -2.07. The Kier molecular flexibility index (Phi) is 4.51. The van der Waals surface area contributed by atoms with Crippen LogP contribution in [0.2, 0.25) is 5.02 Å². The lowest BCUT2D eigenvalue weighted by Crippen LogP contribution is -2.24. The fourth-order valence-electron chi connectivity index (χ4n) is 1.73. The molecule has 0 aliphatic carbocycles. The Morgan fingerprint density at radius 3 is 2.90 bits per heavy atom. The van der Waals surface area contributed by atoms with Crippen LogP contribution in [0.5, 0.6) is 0 Å². The molecule has 8 heteroatoms. The molecule has 6 nitrogen and oxygen atoms in total. The van der Waals surface area contributed by atoms with Crippen LogP contribution in [0.3, 0.4) is 0 Å². The van der Waals surface area contributed by atoms with Gasteiger partial charge in [0.15, 0.2) is 5.16 Å². The number of hydrogen-bond donors (Lipinski definition) is 2. The standard InChI is InChI=1S/C12H12ClN3O3S/c1-14-9(17)5-16-11-7(13)3-2-4-8(11)15-12(16)20-6-10(18)19/h2-4H,5-6H2,1H3,(H,14,17)(H,18,19). The average molecular weight is 314 g/mol. The number of para-hydroxylation sites is 1. The number of carbonyl (C=O) groups excluding carboxylic acids is 1. The van der Waals surface area contributed by atoms with Gasteiger partial charge in [-0.3, -0.25) is 9.59 Å². The SMILES string of the molecule is CNC(=O)Cn1c(SCC(=O)O)nc2cccc(Cl)c21. The van der Waals surface area contributed by atoms with Crippen LogP contribution in [-0.2, 0) is 16.1 Å². The molecular weight excluding hydrogens is 302 g/mol. The minimum absolute atomic E-state index is 0.0404. The minimum Gasteiger partial charge on any atom is -0.481 e. The van der Waals surface area contributed by atoms with Crippen molar-refractivity contribution in [1.82, 2.24) is 14.9 Å². The number of rotatable bonds is 5. The highest BCUT2D eigenvalue weighted by atomic mass is 35.5. The van der Waals surface area contributed by atoms with Gasteiger partial charge in [0.2, 0.25) is 5.91 Å². The smallest absolute Gasteiger partial charge is 0.313 e. The zero-order valence-corrected chi connectivity index (χ0v) is 12.2. The van der Waals surface area contributed by atoms with E-state index in [2.05, 4.69) is 10.3 Å². The molecule has 0 aliphatic heterocycles. The molecule has 106 valence electrons. The number of fused-ring (bicyclic) bond motifs is 1. The van der Waals surface area contributed by atoms with Crippen LogP contribution in [0, 0.1) is 0 Å². The molecule has 0 unspecified atom stereocenters. The van der Waals surface area contributed by atoms with E-state index in [4.69, 9.17) is 16.7 Å². The molecule has 0 saturated heterocycles. The molecule has 0 radical (unpaired) electrons. The number of aromatic nitrogens is 2. The van der Waals surface area contributed by atoms with Crippen LogP contribution in [0.25, 0.3) is 11.0 Å². The molecule has 0 fully saturated rings. The Morgan fingerprint density at radius 2 is 2.25 bits per heavy atom. The Hall–Kier alpha value is -1.73. The van der Waals surface area contributed by atoms with Gasteiger partial charge in [0, 0.05) is 7.05 Å². The summed E-state index contributed by atoms with van der Waals surface area (Å²) in [6.45, 7) is 0.0404. The number of benzene rings is 1. The van der Waals surface area contributed by atoms with Crippen LogP contribution in [0.15, 0.2) is 23.4 Å². The molecule has 2 rings (SSSR count). The molecule has 0 bridgehead atoms. The Morgan fingerprint density at radius 1 is 1.50 bits per heavy atom. The first-order valence-electron chi connectivity index (χ1n) is 5.73. The quantitative estimate of drug-likeness (QED) is 0.819. The van der Waals surface area contributed by atoms with Gasteiger partial charge < -0.3 is 15.0 Å².